The number of halogens is 1. The van der Waals surface area contributed by atoms with Gasteiger partial charge in [0.05, 0.1) is 0 Å². The van der Waals surface area contributed by atoms with E-state index in [-0.39, 0.29) is 18.3 Å². The van der Waals surface area contributed by atoms with Crippen molar-refractivity contribution in [3.05, 3.63) is 28.5 Å². The van der Waals surface area contributed by atoms with Crippen molar-refractivity contribution in [3.63, 3.8) is 0 Å². The Morgan fingerprint density at radius 1 is 1.60 bits per heavy atom. The van der Waals surface area contributed by atoms with Crippen molar-refractivity contribution in [2.24, 2.45) is 5.92 Å². The second-order valence-electron chi connectivity index (χ2n) is 3.54. The van der Waals surface area contributed by atoms with Crippen LogP contribution in [0.5, 0.6) is 0 Å². The highest BCUT2D eigenvalue weighted by molar-refractivity contribution is 9.10. The zero-order chi connectivity index (χ0) is 11.3. The van der Waals surface area contributed by atoms with Crippen molar-refractivity contribution in [1.29, 1.82) is 0 Å². The minimum Gasteiger partial charge on any atom is -0.396 e. The number of pyridine rings is 1. The molecule has 15 heavy (non-hydrogen) atoms. The highest BCUT2D eigenvalue weighted by atomic mass is 79.9. The average Bonchev–Trinajstić information content (AvgIpc) is 2.17. The molecule has 1 aromatic heterocycles. The first-order valence-electron chi connectivity index (χ1n) is 4.84. The maximum absolute atomic E-state index is 11.3. The predicted octanol–water partition coefficient (Wildman–Crippen LogP) is 1.97. The molecule has 0 aliphatic heterocycles. The van der Waals surface area contributed by atoms with Crippen LogP contribution in [0, 0.1) is 5.92 Å². The normalized spacial score (nSPS) is 12.5. The van der Waals surface area contributed by atoms with Crippen LogP contribution < -0.4 is 0 Å². The number of hydrogen-bond donors (Lipinski definition) is 1. The molecule has 1 heterocycles. The summed E-state index contributed by atoms with van der Waals surface area (Å²) in [6.45, 7) is 1.61. The van der Waals surface area contributed by atoms with Crippen molar-refractivity contribution < 1.29 is 9.90 Å². The molecule has 0 saturated heterocycles. The molecular weight excluding hydrogens is 258 g/mol. The van der Waals surface area contributed by atoms with E-state index in [4.69, 9.17) is 5.11 Å². The van der Waals surface area contributed by atoms with Crippen molar-refractivity contribution in [2.75, 3.05) is 6.61 Å². The van der Waals surface area contributed by atoms with E-state index in [9.17, 15) is 4.79 Å². The molecule has 1 rings (SSSR count). The largest absolute Gasteiger partial charge is 0.396 e. The fourth-order valence-corrected chi connectivity index (χ4v) is 1.87. The van der Waals surface area contributed by atoms with Crippen molar-refractivity contribution in [1.82, 2.24) is 4.98 Å². The van der Waals surface area contributed by atoms with Gasteiger partial charge >= 0.3 is 0 Å². The number of hydrogen-bond acceptors (Lipinski definition) is 3. The summed E-state index contributed by atoms with van der Waals surface area (Å²) in [6.07, 6.45) is 4.61. The maximum atomic E-state index is 11.3. The highest BCUT2D eigenvalue weighted by Crippen LogP contribution is 2.16. The zero-order valence-electron chi connectivity index (χ0n) is 8.61. The van der Waals surface area contributed by atoms with Crippen LogP contribution in [0.4, 0.5) is 0 Å². The van der Waals surface area contributed by atoms with E-state index in [1.165, 1.54) is 0 Å². The number of rotatable bonds is 5. The lowest BCUT2D eigenvalue weighted by Crippen LogP contribution is -2.15. The van der Waals surface area contributed by atoms with Gasteiger partial charge in [-0.15, -0.1) is 0 Å². The summed E-state index contributed by atoms with van der Waals surface area (Å²) in [7, 11) is 0. The maximum Gasteiger partial charge on any atom is 0.133 e. The van der Waals surface area contributed by atoms with Gasteiger partial charge in [-0.25, -0.2) is 0 Å². The minimum atomic E-state index is -0.105. The fraction of sp³-hybridized carbons (Fsp3) is 0.455. The molecule has 0 radical (unpaired) electrons. The van der Waals surface area contributed by atoms with Gasteiger partial charge in [0, 0.05) is 29.4 Å². The summed E-state index contributed by atoms with van der Waals surface area (Å²) in [5.74, 6) is 0.00938. The van der Waals surface area contributed by atoms with Crippen LogP contribution in [-0.4, -0.2) is 22.5 Å². The summed E-state index contributed by atoms with van der Waals surface area (Å²) in [5, 5.41) is 8.84. The van der Waals surface area contributed by atoms with Gasteiger partial charge in [0.25, 0.3) is 0 Å². The second kappa shape index (κ2) is 5.98. The Balaban J connectivity index is 2.69. The molecule has 3 nitrogen and oxygen atoms in total. The lowest BCUT2D eigenvalue weighted by molar-refractivity contribution is -0.121. The third kappa shape index (κ3) is 4.10. The molecule has 1 aromatic rings. The number of nitrogens with zero attached hydrogens (tertiary/aromatic N) is 1. The quantitative estimate of drug-likeness (QED) is 0.891. The summed E-state index contributed by atoms with van der Waals surface area (Å²) >= 11 is 3.33. The molecule has 0 aliphatic rings. The summed E-state index contributed by atoms with van der Waals surface area (Å²) < 4.78 is 0.909. The van der Waals surface area contributed by atoms with Crippen molar-refractivity contribution in [2.45, 2.75) is 19.8 Å². The lowest BCUT2D eigenvalue weighted by atomic mass is 9.94. The molecule has 4 heteroatoms. The second-order valence-corrected chi connectivity index (χ2v) is 4.45. The van der Waals surface area contributed by atoms with E-state index in [1.54, 1.807) is 19.3 Å². The Kier molecular flexibility index (Phi) is 4.91. The Bertz CT molecular complexity index is 341. The van der Waals surface area contributed by atoms with E-state index in [1.807, 2.05) is 6.07 Å². The average molecular weight is 272 g/mol. The zero-order valence-corrected chi connectivity index (χ0v) is 10.2. The Morgan fingerprint density at radius 3 is 2.87 bits per heavy atom. The van der Waals surface area contributed by atoms with Gasteiger partial charge in [-0.3, -0.25) is 9.78 Å². The Labute approximate surface area is 97.7 Å². The molecule has 1 unspecified atom stereocenters. The first-order chi connectivity index (χ1) is 7.13. The van der Waals surface area contributed by atoms with Gasteiger partial charge in [-0.2, -0.15) is 0 Å². The van der Waals surface area contributed by atoms with Gasteiger partial charge in [-0.1, -0.05) is 0 Å². The predicted molar refractivity (Wildman–Crippen MR) is 61.5 cm³/mol. The first kappa shape index (κ1) is 12.3. The van der Waals surface area contributed by atoms with Gasteiger partial charge in [0.15, 0.2) is 0 Å². The number of Topliss-reactive ketones (excluding diaryl/α,β-unsaturated/α-hetero) is 1. The molecule has 82 valence electrons. The summed E-state index contributed by atoms with van der Waals surface area (Å²) in [4.78, 5) is 15.3. The minimum absolute atomic E-state index is 0.0473. The van der Waals surface area contributed by atoms with Crippen molar-refractivity contribution in [3.8, 4) is 0 Å². The first-order valence-corrected chi connectivity index (χ1v) is 5.63. The van der Waals surface area contributed by atoms with E-state index in [0.29, 0.717) is 12.8 Å². The van der Waals surface area contributed by atoms with Crippen LogP contribution in [0.25, 0.3) is 0 Å². The Morgan fingerprint density at radius 2 is 2.33 bits per heavy atom. The molecular formula is C11H14BrNO2. The van der Waals surface area contributed by atoms with E-state index >= 15 is 0 Å². The van der Waals surface area contributed by atoms with Gasteiger partial charge < -0.3 is 5.11 Å². The molecule has 0 aliphatic carbocycles. The van der Waals surface area contributed by atoms with E-state index in [0.717, 1.165) is 10.0 Å². The standard InChI is InChI=1S/C11H14BrNO2/c1-8(15)10(2-3-14)4-9-5-11(12)7-13-6-9/h5-7,10,14H,2-4H2,1H3. The third-order valence-corrected chi connectivity index (χ3v) is 2.73. The monoisotopic (exact) mass is 271 g/mol. The number of carbonyl (C=O) groups is 1. The molecule has 0 bridgehead atoms. The van der Waals surface area contributed by atoms with Crippen LogP contribution in [0.1, 0.15) is 18.9 Å². The topological polar surface area (TPSA) is 50.2 Å². The summed E-state index contributed by atoms with van der Waals surface area (Å²) in [5.41, 5.74) is 1.01. The van der Waals surface area contributed by atoms with E-state index < -0.39 is 0 Å². The van der Waals surface area contributed by atoms with Gasteiger partial charge in [-0.05, 0) is 47.3 Å². The van der Waals surface area contributed by atoms with Crippen LogP contribution >= 0.6 is 15.9 Å². The smallest absolute Gasteiger partial charge is 0.133 e. The molecule has 1 atom stereocenters. The van der Waals surface area contributed by atoms with Crippen molar-refractivity contribution >= 4 is 21.7 Å². The van der Waals surface area contributed by atoms with Crippen LogP contribution in [0.15, 0.2) is 22.9 Å². The Hall–Kier alpha value is -0.740. The number of aromatic nitrogens is 1. The fourth-order valence-electron chi connectivity index (χ4n) is 1.46. The number of ketones is 1. The van der Waals surface area contributed by atoms with Gasteiger partial charge in [0.2, 0.25) is 0 Å². The van der Waals surface area contributed by atoms with Crippen LogP contribution in [-0.2, 0) is 11.2 Å². The molecule has 1 N–H and O–H groups in total. The molecule has 0 amide bonds. The third-order valence-electron chi connectivity index (χ3n) is 2.30. The van der Waals surface area contributed by atoms with Crippen LogP contribution in [0.2, 0.25) is 0 Å². The highest BCUT2D eigenvalue weighted by Gasteiger charge is 2.14. The number of carbonyl (C=O) groups excluding carboxylic acids is 1. The molecule has 0 saturated carbocycles. The lowest BCUT2D eigenvalue weighted by Gasteiger charge is -2.11. The molecule has 0 aromatic carbocycles. The van der Waals surface area contributed by atoms with Gasteiger partial charge in [0.1, 0.15) is 5.78 Å². The molecule has 0 fully saturated rings. The molecule has 0 spiro atoms. The number of aliphatic hydroxyl groups is 1. The number of aliphatic hydroxyl groups excluding tert-OH is 1. The SMILES string of the molecule is CC(=O)C(CCO)Cc1cncc(Br)c1. The van der Waals surface area contributed by atoms with Crippen LogP contribution in [0.3, 0.4) is 0 Å². The summed E-state index contributed by atoms with van der Waals surface area (Å²) in [6, 6.07) is 1.94. The van der Waals surface area contributed by atoms with E-state index in [2.05, 4.69) is 20.9 Å².